The molecule has 0 bridgehead atoms. The second-order valence-corrected chi connectivity index (χ2v) is 10.1. The number of carboxylic acid groups (broad SMARTS) is 1. The summed E-state index contributed by atoms with van der Waals surface area (Å²) < 4.78 is 46.1. The Balaban J connectivity index is 0.000000279. The molecule has 1 aliphatic rings. The van der Waals surface area contributed by atoms with Crippen molar-refractivity contribution in [3.05, 3.63) is 68.3 Å². The molecular formula is C27H29Cl2F3N2O4. The van der Waals surface area contributed by atoms with Crippen molar-refractivity contribution in [1.82, 2.24) is 9.47 Å². The molecule has 1 saturated heterocycles. The molecular weight excluding hydrogens is 544 g/mol. The van der Waals surface area contributed by atoms with E-state index in [-0.39, 0.29) is 17.7 Å². The highest BCUT2D eigenvalue weighted by Gasteiger charge is 2.31. The summed E-state index contributed by atoms with van der Waals surface area (Å²) in [5, 5.41) is 9.75. The molecule has 3 aromatic rings. The van der Waals surface area contributed by atoms with Gasteiger partial charge in [0.1, 0.15) is 6.61 Å². The molecule has 2 aromatic carbocycles. The summed E-state index contributed by atoms with van der Waals surface area (Å²) in [7, 11) is 3.76. The van der Waals surface area contributed by atoms with Crippen molar-refractivity contribution in [1.29, 1.82) is 0 Å². The van der Waals surface area contributed by atoms with E-state index in [4.69, 9.17) is 33.0 Å². The van der Waals surface area contributed by atoms with Crippen LogP contribution in [0, 0.1) is 6.92 Å². The van der Waals surface area contributed by atoms with E-state index in [9.17, 15) is 22.8 Å². The minimum atomic E-state index is -4.41. The SMILES string of the molecule is CN1CCC(OCC(=O)O)CC1.Cc1cc(C(F)(F)F)cc2c1cc(Cc1c(Cl)ccc(C=O)c1Cl)n2C. The quantitative estimate of drug-likeness (QED) is 0.346. The Morgan fingerprint density at radius 3 is 2.39 bits per heavy atom. The molecule has 4 rings (SSSR count). The van der Waals surface area contributed by atoms with Gasteiger partial charge >= 0.3 is 12.1 Å². The lowest BCUT2D eigenvalue weighted by Crippen LogP contribution is -2.35. The average molecular weight is 573 g/mol. The van der Waals surface area contributed by atoms with Crippen molar-refractivity contribution in [2.24, 2.45) is 7.05 Å². The van der Waals surface area contributed by atoms with E-state index in [1.165, 1.54) is 6.07 Å². The van der Waals surface area contributed by atoms with E-state index in [0.717, 1.165) is 49.1 Å². The summed E-state index contributed by atoms with van der Waals surface area (Å²) in [5.41, 5.74) is 1.96. The van der Waals surface area contributed by atoms with E-state index in [0.29, 0.717) is 39.9 Å². The van der Waals surface area contributed by atoms with Crippen molar-refractivity contribution in [2.45, 2.75) is 38.5 Å². The Morgan fingerprint density at radius 2 is 1.82 bits per heavy atom. The first kappa shape index (κ1) is 30.0. The van der Waals surface area contributed by atoms with Crippen LogP contribution in [-0.2, 0) is 29.2 Å². The lowest BCUT2D eigenvalue weighted by molar-refractivity contribution is -0.145. The summed E-state index contributed by atoms with van der Waals surface area (Å²) in [6.07, 6.45) is -1.42. The normalized spacial score (nSPS) is 14.8. The monoisotopic (exact) mass is 572 g/mol. The number of hydrogen-bond donors (Lipinski definition) is 1. The number of hydrogen-bond acceptors (Lipinski definition) is 4. The second kappa shape index (κ2) is 12.5. The third-order valence-corrected chi connectivity index (χ3v) is 7.40. The minimum Gasteiger partial charge on any atom is -0.480 e. The highest BCUT2D eigenvalue weighted by Crippen LogP contribution is 2.36. The van der Waals surface area contributed by atoms with Crippen LogP contribution in [0.15, 0.2) is 30.3 Å². The Bertz CT molecular complexity index is 1320. The zero-order chi connectivity index (χ0) is 28.2. The summed E-state index contributed by atoms with van der Waals surface area (Å²) in [6, 6.07) is 7.21. The average Bonchev–Trinajstić information content (AvgIpc) is 3.17. The molecule has 38 heavy (non-hydrogen) atoms. The maximum atomic E-state index is 13.1. The van der Waals surface area contributed by atoms with Crippen molar-refractivity contribution < 1.29 is 32.6 Å². The van der Waals surface area contributed by atoms with E-state index >= 15 is 0 Å². The van der Waals surface area contributed by atoms with Gasteiger partial charge in [-0.1, -0.05) is 23.2 Å². The molecule has 0 unspecified atom stereocenters. The molecule has 206 valence electrons. The predicted octanol–water partition coefficient (Wildman–Crippen LogP) is 6.40. The van der Waals surface area contributed by atoms with Crippen molar-refractivity contribution in [2.75, 3.05) is 26.7 Å². The van der Waals surface area contributed by atoms with Crippen molar-refractivity contribution in [3.8, 4) is 0 Å². The zero-order valence-corrected chi connectivity index (χ0v) is 22.8. The van der Waals surface area contributed by atoms with Gasteiger partial charge in [-0.05, 0) is 68.3 Å². The number of carboxylic acids is 1. The number of halogens is 5. The maximum absolute atomic E-state index is 13.1. The number of aldehydes is 1. The highest BCUT2D eigenvalue weighted by molar-refractivity contribution is 6.37. The van der Waals surface area contributed by atoms with E-state index in [1.807, 2.05) is 6.07 Å². The van der Waals surface area contributed by atoms with Gasteiger partial charge in [0.25, 0.3) is 0 Å². The van der Waals surface area contributed by atoms with Gasteiger partial charge in [0.2, 0.25) is 0 Å². The van der Waals surface area contributed by atoms with Gasteiger partial charge in [-0.15, -0.1) is 0 Å². The predicted molar refractivity (Wildman–Crippen MR) is 141 cm³/mol. The van der Waals surface area contributed by atoms with Crippen LogP contribution in [0.3, 0.4) is 0 Å². The van der Waals surface area contributed by atoms with Gasteiger partial charge in [0, 0.05) is 53.7 Å². The Labute approximate surface area is 228 Å². The highest BCUT2D eigenvalue weighted by atomic mass is 35.5. The number of fused-ring (bicyclic) bond motifs is 1. The lowest BCUT2D eigenvalue weighted by atomic mass is 10.0. The molecule has 1 fully saturated rings. The van der Waals surface area contributed by atoms with Crippen molar-refractivity contribution >= 4 is 46.4 Å². The fourth-order valence-electron chi connectivity index (χ4n) is 4.39. The standard InChI is InChI=1S/C19H14Cl2F3NO.C8H15NO3/c1-10-5-12(19(22,23)24)6-17-14(10)7-13(25(17)2)8-15-16(20)4-3-11(9-26)18(15)21;1-9-4-2-7(3-5-9)12-6-8(10)11/h3-7,9H,8H2,1-2H3;7H,2-6H2,1H3,(H,10,11). The smallest absolute Gasteiger partial charge is 0.416 e. The number of carbonyl (C=O) groups excluding carboxylic acids is 1. The molecule has 11 heteroatoms. The third kappa shape index (κ3) is 7.28. The number of benzene rings is 2. The largest absolute Gasteiger partial charge is 0.480 e. The maximum Gasteiger partial charge on any atom is 0.416 e. The van der Waals surface area contributed by atoms with Crippen LogP contribution in [0.2, 0.25) is 10.0 Å². The molecule has 0 amide bonds. The van der Waals surface area contributed by atoms with Gasteiger partial charge in [0.15, 0.2) is 6.29 Å². The number of aryl methyl sites for hydroxylation is 2. The van der Waals surface area contributed by atoms with Gasteiger partial charge in [0.05, 0.1) is 16.7 Å². The molecule has 1 N–H and O–H groups in total. The number of rotatable bonds is 6. The molecule has 0 radical (unpaired) electrons. The summed E-state index contributed by atoms with van der Waals surface area (Å²) in [6.45, 7) is 3.50. The second-order valence-electron chi connectivity index (χ2n) is 9.35. The van der Waals surface area contributed by atoms with Crippen LogP contribution in [0.25, 0.3) is 10.9 Å². The van der Waals surface area contributed by atoms with Crippen LogP contribution in [0.4, 0.5) is 13.2 Å². The van der Waals surface area contributed by atoms with Crippen LogP contribution in [0.1, 0.15) is 45.6 Å². The number of carbonyl (C=O) groups is 2. The first-order chi connectivity index (χ1) is 17.8. The van der Waals surface area contributed by atoms with E-state index in [2.05, 4.69) is 11.9 Å². The van der Waals surface area contributed by atoms with E-state index in [1.54, 1.807) is 24.6 Å². The van der Waals surface area contributed by atoms with Gasteiger partial charge in [-0.2, -0.15) is 13.2 Å². The number of piperidine rings is 1. The van der Waals surface area contributed by atoms with Gasteiger partial charge in [-0.25, -0.2) is 4.79 Å². The fourth-order valence-corrected chi connectivity index (χ4v) is 4.94. The van der Waals surface area contributed by atoms with Crippen LogP contribution < -0.4 is 0 Å². The molecule has 0 atom stereocenters. The number of aromatic nitrogens is 1. The van der Waals surface area contributed by atoms with Crippen LogP contribution >= 0.6 is 23.2 Å². The molecule has 0 aliphatic carbocycles. The summed E-state index contributed by atoms with van der Waals surface area (Å²) in [5.74, 6) is -0.881. The number of alkyl halides is 3. The number of ether oxygens (including phenoxy) is 1. The molecule has 6 nitrogen and oxygen atoms in total. The van der Waals surface area contributed by atoms with Crippen LogP contribution in [-0.4, -0.2) is 59.7 Å². The Hall–Kier alpha value is -2.59. The zero-order valence-electron chi connectivity index (χ0n) is 21.2. The Kier molecular flexibility index (Phi) is 9.86. The first-order valence-electron chi connectivity index (χ1n) is 11.9. The van der Waals surface area contributed by atoms with E-state index < -0.39 is 17.7 Å². The van der Waals surface area contributed by atoms with Crippen LogP contribution in [0.5, 0.6) is 0 Å². The topological polar surface area (TPSA) is 71.8 Å². The molecule has 0 saturated carbocycles. The van der Waals surface area contributed by atoms with Gasteiger partial charge in [-0.3, -0.25) is 4.79 Å². The summed E-state index contributed by atoms with van der Waals surface area (Å²) in [4.78, 5) is 23.5. The number of likely N-dealkylation sites (tertiary alicyclic amines) is 1. The Morgan fingerprint density at radius 1 is 1.16 bits per heavy atom. The third-order valence-electron chi connectivity index (χ3n) is 6.60. The summed E-state index contributed by atoms with van der Waals surface area (Å²) >= 11 is 12.5. The lowest BCUT2D eigenvalue weighted by Gasteiger charge is -2.28. The fraction of sp³-hybridized carbons (Fsp3) is 0.407. The van der Waals surface area contributed by atoms with Crippen molar-refractivity contribution in [3.63, 3.8) is 0 Å². The molecule has 2 heterocycles. The number of aliphatic carboxylic acids is 1. The minimum absolute atomic E-state index is 0.150. The molecule has 1 aliphatic heterocycles. The first-order valence-corrected chi connectivity index (χ1v) is 12.7. The van der Waals surface area contributed by atoms with Gasteiger partial charge < -0.3 is 19.3 Å². The number of nitrogens with zero attached hydrogens (tertiary/aromatic N) is 2. The molecule has 0 spiro atoms. The molecule has 1 aromatic heterocycles.